The Balaban J connectivity index is 2.25. The van der Waals surface area contributed by atoms with Crippen LogP contribution in [-0.4, -0.2) is 35.1 Å². The summed E-state index contributed by atoms with van der Waals surface area (Å²) in [5, 5.41) is 8.50. The third-order valence-corrected chi connectivity index (χ3v) is 3.01. The van der Waals surface area contributed by atoms with E-state index in [9.17, 15) is 4.79 Å². The summed E-state index contributed by atoms with van der Waals surface area (Å²) in [5.41, 5.74) is 0. The molecule has 3 heteroatoms. The van der Waals surface area contributed by atoms with E-state index in [1.165, 1.54) is 0 Å². The predicted molar refractivity (Wildman–Crippen MR) is 60.8 cm³/mol. The van der Waals surface area contributed by atoms with Crippen LogP contribution in [0.3, 0.4) is 0 Å². The van der Waals surface area contributed by atoms with Crippen LogP contribution in [-0.2, 0) is 4.79 Å². The molecule has 86 valence electrons. The summed E-state index contributed by atoms with van der Waals surface area (Å²) < 4.78 is 0. The van der Waals surface area contributed by atoms with Gasteiger partial charge in [-0.15, -0.1) is 0 Å². The van der Waals surface area contributed by atoms with Crippen LogP contribution in [0.25, 0.3) is 0 Å². The highest BCUT2D eigenvalue weighted by molar-refractivity contribution is 5.68. The summed E-state index contributed by atoms with van der Waals surface area (Å²) in [4.78, 5) is 12.8. The van der Waals surface area contributed by atoms with E-state index in [1.807, 2.05) is 0 Å². The van der Waals surface area contributed by atoms with E-state index in [2.05, 4.69) is 24.8 Å². The van der Waals surface area contributed by atoms with Gasteiger partial charge in [-0.05, 0) is 45.7 Å². The molecule has 0 spiro atoms. The molecule has 0 aromatic heterocycles. The van der Waals surface area contributed by atoms with E-state index in [1.54, 1.807) is 6.08 Å². The molecule has 0 unspecified atom stereocenters. The number of carboxylic acids is 1. The molecule has 1 aliphatic heterocycles. The lowest BCUT2D eigenvalue weighted by molar-refractivity contribution is -0.136. The van der Waals surface area contributed by atoms with Crippen molar-refractivity contribution in [1.82, 2.24) is 4.90 Å². The second-order valence-corrected chi connectivity index (χ2v) is 4.49. The second-order valence-electron chi connectivity index (χ2n) is 4.49. The molecule has 1 saturated heterocycles. The van der Waals surface area contributed by atoms with Gasteiger partial charge in [-0.3, -0.25) is 4.79 Å². The summed E-state index contributed by atoms with van der Waals surface area (Å²) in [7, 11) is 0. The molecule has 0 atom stereocenters. The molecule has 1 heterocycles. The highest BCUT2D eigenvalue weighted by Gasteiger charge is 2.18. The highest BCUT2D eigenvalue weighted by Crippen LogP contribution is 2.19. The maximum absolute atomic E-state index is 10.3. The molecule has 0 amide bonds. The van der Waals surface area contributed by atoms with Gasteiger partial charge in [0.1, 0.15) is 0 Å². The smallest absolute Gasteiger partial charge is 0.307 e. The lowest BCUT2D eigenvalue weighted by Gasteiger charge is -2.33. The van der Waals surface area contributed by atoms with Gasteiger partial charge in [0.25, 0.3) is 0 Å². The lowest BCUT2D eigenvalue weighted by atomic mass is 9.95. The van der Waals surface area contributed by atoms with Crippen molar-refractivity contribution in [2.45, 2.75) is 39.2 Å². The first-order valence-electron chi connectivity index (χ1n) is 5.72. The van der Waals surface area contributed by atoms with Crippen LogP contribution in [0.4, 0.5) is 0 Å². The van der Waals surface area contributed by atoms with Crippen LogP contribution >= 0.6 is 0 Å². The van der Waals surface area contributed by atoms with Gasteiger partial charge in [0.15, 0.2) is 0 Å². The lowest BCUT2D eigenvalue weighted by Crippen LogP contribution is -2.38. The fourth-order valence-electron chi connectivity index (χ4n) is 1.99. The molecule has 0 aliphatic carbocycles. The summed E-state index contributed by atoms with van der Waals surface area (Å²) >= 11 is 0. The summed E-state index contributed by atoms with van der Waals surface area (Å²) in [6, 6.07) is 0.633. The Morgan fingerprint density at radius 1 is 1.47 bits per heavy atom. The van der Waals surface area contributed by atoms with E-state index in [-0.39, 0.29) is 6.42 Å². The zero-order valence-electron chi connectivity index (χ0n) is 9.65. The zero-order valence-corrected chi connectivity index (χ0v) is 9.65. The second kappa shape index (κ2) is 5.91. The van der Waals surface area contributed by atoms with E-state index in [0.717, 1.165) is 25.9 Å². The van der Waals surface area contributed by atoms with Gasteiger partial charge in [-0.1, -0.05) is 12.2 Å². The number of carbonyl (C=O) groups is 1. The average Bonchev–Trinajstić information content (AvgIpc) is 2.18. The summed E-state index contributed by atoms with van der Waals surface area (Å²) in [6.45, 7) is 6.72. The molecule has 1 fully saturated rings. The molecule has 0 saturated carbocycles. The third-order valence-electron chi connectivity index (χ3n) is 3.01. The number of hydrogen-bond donors (Lipinski definition) is 1. The number of hydrogen-bond acceptors (Lipinski definition) is 2. The van der Waals surface area contributed by atoms with Gasteiger partial charge in [-0.2, -0.15) is 0 Å². The van der Waals surface area contributed by atoms with Crippen molar-refractivity contribution in [3.05, 3.63) is 12.2 Å². The first-order valence-corrected chi connectivity index (χ1v) is 5.72. The highest BCUT2D eigenvalue weighted by atomic mass is 16.4. The van der Waals surface area contributed by atoms with Gasteiger partial charge in [0.2, 0.25) is 0 Å². The number of aliphatic carboxylic acids is 1. The van der Waals surface area contributed by atoms with Crippen LogP contribution in [0, 0.1) is 5.92 Å². The fourth-order valence-corrected chi connectivity index (χ4v) is 1.99. The maximum Gasteiger partial charge on any atom is 0.307 e. The number of nitrogens with zero attached hydrogens (tertiary/aromatic N) is 1. The number of carboxylic acid groups (broad SMARTS) is 1. The molecule has 0 aromatic carbocycles. The predicted octanol–water partition coefficient (Wildman–Crippen LogP) is 2.14. The van der Waals surface area contributed by atoms with Gasteiger partial charge in [0, 0.05) is 6.04 Å². The van der Waals surface area contributed by atoms with E-state index < -0.39 is 5.97 Å². The van der Waals surface area contributed by atoms with Crippen molar-refractivity contribution < 1.29 is 9.90 Å². The number of likely N-dealkylation sites (tertiary alicyclic amines) is 1. The van der Waals surface area contributed by atoms with E-state index in [4.69, 9.17) is 5.11 Å². The van der Waals surface area contributed by atoms with Gasteiger partial charge in [-0.25, -0.2) is 0 Å². The van der Waals surface area contributed by atoms with Crippen LogP contribution in [0.5, 0.6) is 0 Å². The quantitative estimate of drug-likeness (QED) is 0.724. The Morgan fingerprint density at radius 2 is 2.07 bits per heavy atom. The monoisotopic (exact) mass is 211 g/mol. The van der Waals surface area contributed by atoms with Gasteiger partial charge < -0.3 is 10.0 Å². The summed E-state index contributed by atoms with van der Waals surface area (Å²) in [6.07, 6.45) is 6.34. The molecule has 1 N–H and O–H groups in total. The molecule has 1 rings (SSSR count). The Bertz CT molecular complexity index is 228. The molecule has 0 radical (unpaired) electrons. The van der Waals surface area contributed by atoms with Crippen molar-refractivity contribution in [2.75, 3.05) is 13.1 Å². The van der Waals surface area contributed by atoms with Crippen molar-refractivity contribution in [1.29, 1.82) is 0 Å². The number of piperidine rings is 1. The Kier molecular flexibility index (Phi) is 4.82. The van der Waals surface area contributed by atoms with Crippen molar-refractivity contribution >= 4 is 5.97 Å². The van der Waals surface area contributed by atoms with Crippen LogP contribution in [0.15, 0.2) is 12.2 Å². The molecule has 0 bridgehead atoms. The summed E-state index contributed by atoms with van der Waals surface area (Å²) in [5.74, 6) is -0.162. The topological polar surface area (TPSA) is 40.5 Å². The minimum Gasteiger partial charge on any atom is -0.481 e. The molecule has 1 aliphatic rings. The van der Waals surface area contributed by atoms with E-state index >= 15 is 0 Å². The zero-order chi connectivity index (χ0) is 11.3. The first-order chi connectivity index (χ1) is 7.09. The number of allylic oxidation sites excluding steroid dienone is 1. The van der Waals surface area contributed by atoms with Gasteiger partial charge in [0.05, 0.1) is 6.42 Å². The van der Waals surface area contributed by atoms with Crippen LogP contribution in [0.1, 0.15) is 33.1 Å². The number of rotatable bonds is 4. The molecule has 3 nitrogen and oxygen atoms in total. The Hall–Kier alpha value is -0.830. The van der Waals surface area contributed by atoms with Gasteiger partial charge >= 0.3 is 5.97 Å². The van der Waals surface area contributed by atoms with Crippen LogP contribution < -0.4 is 0 Å². The molecule has 0 aromatic rings. The standard InChI is InChI=1S/C12H21NO2/c1-10(2)13-8-6-11(7-9-13)4-3-5-12(14)15/h3-4,10-11H,5-9H2,1-2H3,(H,14,15)/b4-3-. The SMILES string of the molecule is CC(C)N1CCC(/C=C\CC(=O)O)CC1. The third kappa shape index (κ3) is 4.47. The Labute approximate surface area is 91.8 Å². The Morgan fingerprint density at radius 3 is 2.53 bits per heavy atom. The van der Waals surface area contributed by atoms with Crippen molar-refractivity contribution in [3.63, 3.8) is 0 Å². The minimum absolute atomic E-state index is 0.157. The first kappa shape index (κ1) is 12.2. The van der Waals surface area contributed by atoms with Crippen molar-refractivity contribution in [3.8, 4) is 0 Å². The molecule has 15 heavy (non-hydrogen) atoms. The molecular weight excluding hydrogens is 190 g/mol. The molecular formula is C12H21NO2. The fraction of sp³-hybridized carbons (Fsp3) is 0.750. The minimum atomic E-state index is -0.745. The average molecular weight is 211 g/mol. The van der Waals surface area contributed by atoms with E-state index in [0.29, 0.717) is 12.0 Å². The normalized spacial score (nSPS) is 20.2. The largest absolute Gasteiger partial charge is 0.481 e. The maximum atomic E-state index is 10.3. The van der Waals surface area contributed by atoms with Crippen molar-refractivity contribution in [2.24, 2.45) is 5.92 Å². The van der Waals surface area contributed by atoms with Crippen LogP contribution in [0.2, 0.25) is 0 Å².